The normalized spacial score (nSPS) is 10.6. The number of ether oxygens (including phenoxy) is 2. The summed E-state index contributed by atoms with van der Waals surface area (Å²) in [5.41, 5.74) is 3.56. The molecule has 0 atom stereocenters. The second-order valence-electron chi connectivity index (χ2n) is 6.01. The molecule has 0 bridgehead atoms. The van der Waals surface area contributed by atoms with Crippen molar-refractivity contribution in [3.63, 3.8) is 0 Å². The maximum absolute atomic E-state index is 12.9. The number of methoxy groups -OCH3 is 1. The highest BCUT2D eigenvalue weighted by atomic mass is 35.5. The number of halogens is 2. The number of carbonyl (C=O) groups excluding carboxylic acids is 2. The van der Waals surface area contributed by atoms with Gasteiger partial charge < -0.3 is 9.47 Å². The van der Waals surface area contributed by atoms with Crippen LogP contribution in [0.4, 0.5) is 4.39 Å². The molecular formula is C22H16ClFN2O4. The van der Waals surface area contributed by atoms with E-state index in [1.165, 1.54) is 37.6 Å². The van der Waals surface area contributed by atoms with Crippen molar-refractivity contribution in [1.29, 1.82) is 0 Å². The fourth-order valence-corrected chi connectivity index (χ4v) is 2.55. The zero-order valence-electron chi connectivity index (χ0n) is 15.8. The van der Waals surface area contributed by atoms with Gasteiger partial charge in [-0.3, -0.25) is 4.79 Å². The Hall–Kier alpha value is -3.71. The summed E-state index contributed by atoms with van der Waals surface area (Å²) < 4.78 is 23.6. The van der Waals surface area contributed by atoms with Crippen LogP contribution in [-0.2, 0) is 0 Å². The van der Waals surface area contributed by atoms with E-state index in [0.717, 1.165) is 0 Å². The average Bonchev–Trinajstić information content (AvgIpc) is 2.75. The van der Waals surface area contributed by atoms with E-state index in [1.807, 2.05) is 0 Å². The summed E-state index contributed by atoms with van der Waals surface area (Å²) in [4.78, 5) is 24.2. The Balaban J connectivity index is 1.66. The van der Waals surface area contributed by atoms with Gasteiger partial charge in [0.25, 0.3) is 5.91 Å². The molecule has 0 aliphatic carbocycles. The monoisotopic (exact) mass is 426 g/mol. The van der Waals surface area contributed by atoms with E-state index < -0.39 is 17.7 Å². The number of nitrogens with one attached hydrogen (secondary N) is 1. The molecule has 0 aliphatic rings. The molecule has 6 nitrogen and oxygen atoms in total. The Morgan fingerprint density at radius 2 is 1.63 bits per heavy atom. The number of benzene rings is 3. The second kappa shape index (κ2) is 9.67. The van der Waals surface area contributed by atoms with Gasteiger partial charge in [0.1, 0.15) is 5.82 Å². The van der Waals surface area contributed by atoms with Gasteiger partial charge in [0.2, 0.25) is 0 Å². The van der Waals surface area contributed by atoms with Crippen molar-refractivity contribution in [2.45, 2.75) is 0 Å². The highest BCUT2D eigenvalue weighted by molar-refractivity contribution is 6.30. The summed E-state index contributed by atoms with van der Waals surface area (Å²) in [5.74, 6) is -0.931. The first-order valence-corrected chi connectivity index (χ1v) is 9.09. The molecule has 0 saturated carbocycles. The Labute approximate surface area is 176 Å². The number of hydrogen-bond donors (Lipinski definition) is 1. The first kappa shape index (κ1) is 21.0. The molecule has 0 spiro atoms. The quantitative estimate of drug-likeness (QED) is 0.273. The van der Waals surface area contributed by atoms with Gasteiger partial charge in [0.05, 0.1) is 18.9 Å². The van der Waals surface area contributed by atoms with E-state index in [2.05, 4.69) is 10.5 Å². The molecule has 3 aromatic rings. The number of esters is 1. The molecule has 0 aliphatic heterocycles. The molecule has 1 amide bonds. The van der Waals surface area contributed by atoms with Crippen LogP contribution in [0.1, 0.15) is 26.3 Å². The van der Waals surface area contributed by atoms with E-state index in [1.54, 1.807) is 42.5 Å². The lowest BCUT2D eigenvalue weighted by Crippen LogP contribution is -2.17. The molecule has 0 radical (unpaired) electrons. The van der Waals surface area contributed by atoms with Gasteiger partial charge in [-0.05, 0) is 72.3 Å². The first-order valence-electron chi connectivity index (χ1n) is 8.71. The molecule has 1 N–H and O–H groups in total. The number of hydrogen-bond acceptors (Lipinski definition) is 5. The highest BCUT2D eigenvalue weighted by Crippen LogP contribution is 2.28. The number of hydrazone groups is 1. The van der Waals surface area contributed by atoms with Crippen molar-refractivity contribution in [2.75, 3.05) is 7.11 Å². The van der Waals surface area contributed by atoms with Gasteiger partial charge >= 0.3 is 5.97 Å². The van der Waals surface area contributed by atoms with Crippen LogP contribution in [-0.4, -0.2) is 25.2 Å². The third-order valence-corrected chi connectivity index (χ3v) is 4.21. The fourth-order valence-electron chi connectivity index (χ4n) is 2.42. The standard InChI is InChI=1S/C22H16ClFN2O4/c1-29-20-12-14(13-25-26-21(27)15-5-9-18(24)10-6-15)2-11-19(20)30-22(28)16-3-7-17(23)8-4-16/h2-13H,1H3,(H,26,27)/b25-13-. The van der Waals surface area contributed by atoms with Crippen LogP contribution in [0, 0.1) is 5.82 Å². The summed E-state index contributed by atoms with van der Waals surface area (Å²) in [6.07, 6.45) is 1.40. The van der Waals surface area contributed by atoms with Gasteiger partial charge in [0, 0.05) is 10.6 Å². The van der Waals surface area contributed by atoms with Gasteiger partial charge in [-0.15, -0.1) is 0 Å². The van der Waals surface area contributed by atoms with Crippen LogP contribution < -0.4 is 14.9 Å². The molecule has 0 unspecified atom stereocenters. The molecule has 8 heteroatoms. The Bertz CT molecular complexity index is 1080. The first-order chi connectivity index (χ1) is 14.5. The molecule has 0 saturated heterocycles. The second-order valence-corrected chi connectivity index (χ2v) is 6.45. The van der Waals surface area contributed by atoms with E-state index in [0.29, 0.717) is 21.9 Å². The predicted octanol–water partition coefficient (Wildman–Crippen LogP) is 4.47. The van der Waals surface area contributed by atoms with E-state index in [4.69, 9.17) is 21.1 Å². The smallest absolute Gasteiger partial charge is 0.343 e. The van der Waals surface area contributed by atoms with Crippen LogP contribution in [0.15, 0.2) is 71.8 Å². The molecule has 0 fully saturated rings. The molecule has 0 heterocycles. The van der Waals surface area contributed by atoms with E-state index >= 15 is 0 Å². The summed E-state index contributed by atoms with van der Waals surface area (Å²) in [6.45, 7) is 0. The average molecular weight is 427 g/mol. The third kappa shape index (κ3) is 5.42. The zero-order valence-corrected chi connectivity index (χ0v) is 16.5. The Morgan fingerprint density at radius 1 is 0.967 bits per heavy atom. The number of nitrogens with zero attached hydrogens (tertiary/aromatic N) is 1. The minimum absolute atomic E-state index is 0.227. The third-order valence-electron chi connectivity index (χ3n) is 3.96. The lowest BCUT2D eigenvalue weighted by Gasteiger charge is -2.10. The number of carbonyl (C=O) groups is 2. The van der Waals surface area contributed by atoms with Gasteiger partial charge in [-0.2, -0.15) is 5.10 Å². The molecule has 30 heavy (non-hydrogen) atoms. The van der Waals surface area contributed by atoms with Crippen LogP contribution in [0.2, 0.25) is 5.02 Å². The highest BCUT2D eigenvalue weighted by Gasteiger charge is 2.13. The van der Waals surface area contributed by atoms with Crippen molar-refractivity contribution in [3.8, 4) is 11.5 Å². The van der Waals surface area contributed by atoms with E-state index in [-0.39, 0.29) is 11.3 Å². The summed E-state index contributed by atoms with van der Waals surface area (Å²) in [5, 5.41) is 4.38. The minimum Gasteiger partial charge on any atom is -0.493 e. The maximum atomic E-state index is 12.9. The van der Waals surface area contributed by atoms with Crippen molar-refractivity contribution < 1.29 is 23.5 Å². The van der Waals surface area contributed by atoms with E-state index in [9.17, 15) is 14.0 Å². The molecule has 152 valence electrons. The van der Waals surface area contributed by atoms with Gasteiger partial charge in [-0.25, -0.2) is 14.6 Å². The molecule has 3 aromatic carbocycles. The summed E-state index contributed by atoms with van der Waals surface area (Å²) in [7, 11) is 1.44. The Morgan fingerprint density at radius 3 is 2.30 bits per heavy atom. The minimum atomic E-state index is -0.557. The maximum Gasteiger partial charge on any atom is 0.343 e. The van der Waals surface area contributed by atoms with Crippen molar-refractivity contribution >= 4 is 29.7 Å². The van der Waals surface area contributed by atoms with Gasteiger partial charge in [-0.1, -0.05) is 11.6 Å². The van der Waals surface area contributed by atoms with Crippen LogP contribution in [0.5, 0.6) is 11.5 Å². The lowest BCUT2D eigenvalue weighted by atomic mass is 10.2. The van der Waals surface area contributed by atoms with Crippen LogP contribution >= 0.6 is 11.6 Å². The summed E-state index contributed by atoms with van der Waals surface area (Å²) >= 11 is 5.82. The van der Waals surface area contributed by atoms with Gasteiger partial charge in [0.15, 0.2) is 11.5 Å². The van der Waals surface area contributed by atoms with Crippen LogP contribution in [0.3, 0.4) is 0 Å². The molecule has 0 aromatic heterocycles. The topological polar surface area (TPSA) is 77.0 Å². The molecular weight excluding hydrogens is 411 g/mol. The van der Waals surface area contributed by atoms with Crippen LogP contribution in [0.25, 0.3) is 0 Å². The number of amides is 1. The van der Waals surface area contributed by atoms with Crippen molar-refractivity contribution in [2.24, 2.45) is 5.10 Å². The Kier molecular flexibility index (Phi) is 6.77. The van der Waals surface area contributed by atoms with Crippen molar-refractivity contribution in [1.82, 2.24) is 5.43 Å². The van der Waals surface area contributed by atoms with Crippen molar-refractivity contribution in [3.05, 3.63) is 94.3 Å². The zero-order chi connectivity index (χ0) is 21.5. The number of rotatable bonds is 6. The molecule has 3 rings (SSSR count). The lowest BCUT2D eigenvalue weighted by molar-refractivity contribution is 0.0729. The summed E-state index contributed by atoms with van der Waals surface area (Å²) in [6, 6.07) is 16.2. The predicted molar refractivity (Wildman–Crippen MR) is 111 cm³/mol. The SMILES string of the molecule is COc1cc(/C=N\NC(=O)c2ccc(F)cc2)ccc1OC(=O)c1ccc(Cl)cc1. The largest absolute Gasteiger partial charge is 0.493 e. The fraction of sp³-hybridized carbons (Fsp3) is 0.0455.